The van der Waals surface area contributed by atoms with E-state index < -0.39 is 0 Å². The van der Waals surface area contributed by atoms with Gasteiger partial charge < -0.3 is 14.6 Å². The number of amides is 1. The fraction of sp³-hybridized carbons (Fsp3) is 0.440. The van der Waals surface area contributed by atoms with Crippen LogP contribution in [-0.2, 0) is 19.6 Å². The Morgan fingerprint density at radius 1 is 1.30 bits per heavy atom. The summed E-state index contributed by atoms with van der Waals surface area (Å²) < 4.78 is 7.43. The molecule has 1 aromatic carbocycles. The standard InChI is InChI=1S/C25H32N6O2/c1-4-31-12-10-26-23(31)17-30-11-6-8-20(16-30)24-27-15-22(18(2)29-24)25(32)28-14-19-7-5-9-21(13-19)33-3/h5,7,9-10,12-13,15,20H,4,6,8,11,14,16-17H2,1-3H3,(H,28,32)/t20-/m1/s1. The van der Waals surface area contributed by atoms with Gasteiger partial charge in [0, 0.05) is 44.1 Å². The van der Waals surface area contributed by atoms with E-state index >= 15 is 0 Å². The number of benzene rings is 1. The van der Waals surface area contributed by atoms with Crippen LogP contribution in [-0.4, -0.2) is 50.5 Å². The number of rotatable bonds is 8. The molecule has 3 heterocycles. The topological polar surface area (TPSA) is 85.2 Å². The first kappa shape index (κ1) is 22.9. The third-order valence-electron chi connectivity index (χ3n) is 6.21. The van der Waals surface area contributed by atoms with Crippen molar-refractivity contribution in [2.24, 2.45) is 0 Å². The second kappa shape index (κ2) is 10.6. The quantitative estimate of drug-likeness (QED) is 0.569. The highest BCUT2D eigenvalue weighted by Gasteiger charge is 2.25. The average Bonchev–Trinajstić information content (AvgIpc) is 3.29. The number of nitrogens with zero attached hydrogens (tertiary/aromatic N) is 5. The van der Waals surface area contributed by atoms with E-state index in [4.69, 9.17) is 9.72 Å². The Balaban J connectivity index is 1.38. The van der Waals surface area contributed by atoms with Crippen LogP contribution >= 0.6 is 0 Å². The minimum absolute atomic E-state index is 0.168. The Bertz CT molecular complexity index is 1100. The number of piperidine rings is 1. The fourth-order valence-corrected chi connectivity index (χ4v) is 4.35. The third kappa shape index (κ3) is 5.57. The predicted molar refractivity (Wildman–Crippen MR) is 126 cm³/mol. The van der Waals surface area contributed by atoms with Crippen molar-refractivity contribution in [3.63, 3.8) is 0 Å². The molecule has 0 saturated carbocycles. The van der Waals surface area contributed by atoms with Crippen molar-refractivity contribution in [1.82, 2.24) is 29.7 Å². The molecule has 0 radical (unpaired) electrons. The Kier molecular flexibility index (Phi) is 7.34. The summed E-state index contributed by atoms with van der Waals surface area (Å²) in [5.74, 6) is 2.78. The molecule has 3 aromatic rings. The zero-order valence-electron chi connectivity index (χ0n) is 19.6. The predicted octanol–water partition coefficient (Wildman–Crippen LogP) is 3.32. The van der Waals surface area contributed by atoms with Crippen LogP contribution in [0.4, 0.5) is 0 Å². The number of imidazole rings is 1. The Morgan fingerprint density at radius 2 is 2.18 bits per heavy atom. The number of methoxy groups -OCH3 is 1. The first-order valence-corrected chi connectivity index (χ1v) is 11.5. The second-order valence-electron chi connectivity index (χ2n) is 8.47. The van der Waals surface area contributed by atoms with E-state index in [0.29, 0.717) is 17.8 Å². The second-order valence-corrected chi connectivity index (χ2v) is 8.47. The van der Waals surface area contributed by atoms with Gasteiger partial charge in [0.2, 0.25) is 0 Å². The van der Waals surface area contributed by atoms with Gasteiger partial charge in [-0.05, 0) is 50.9 Å². The van der Waals surface area contributed by atoms with Crippen LogP contribution in [0.5, 0.6) is 5.75 Å². The largest absolute Gasteiger partial charge is 0.497 e. The number of hydrogen-bond acceptors (Lipinski definition) is 6. The Labute approximate surface area is 195 Å². The number of aryl methyl sites for hydroxylation is 2. The van der Waals surface area contributed by atoms with Gasteiger partial charge in [-0.15, -0.1) is 0 Å². The molecule has 4 rings (SSSR count). The van der Waals surface area contributed by atoms with Crippen molar-refractivity contribution < 1.29 is 9.53 Å². The summed E-state index contributed by atoms with van der Waals surface area (Å²) in [5.41, 5.74) is 2.20. The molecule has 0 spiro atoms. The van der Waals surface area contributed by atoms with Gasteiger partial charge in [0.05, 0.1) is 24.9 Å². The van der Waals surface area contributed by atoms with E-state index in [1.807, 2.05) is 43.6 Å². The number of hydrogen-bond donors (Lipinski definition) is 1. The van der Waals surface area contributed by atoms with E-state index in [-0.39, 0.29) is 11.8 Å². The Hall–Kier alpha value is -3.26. The van der Waals surface area contributed by atoms with Crippen LogP contribution in [0.15, 0.2) is 42.9 Å². The molecule has 1 aliphatic rings. The lowest BCUT2D eigenvalue weighted by Crippen LogP contribution is -2.35. The van der Waals surface area contributed by atoms with E-state index in [2.05, 4.69) is 31.7 Å². The van der Waals surface area contributed by atoms with Gasteiger partial charge >= 0.3 is 0 Å². The Morgan fingerprint density at radius 3 is 2.97 bits per heavy atom. The molecule has 0 aliphatic carbocycles. The zero-order chi connectivity index (χ0) is 23.2. The molecule has 8 heteroatoms. The van der Waals surface area contributed by atoms with Crippen molar-refractivity contribution >= 4 is 5.91 Å². The van der Waals surface area contributed by atoms with Crippen LogP contribution in [0.1, 0.15) is 58.9 Å². The summed E-state index contributed by atoms with van der Waals surface area (Å²) in [6, 6.07) is 7.66. The van der Waals surface area contributed by atoms with Gasteiger partial charge in [-0.3, -0.25) is 9.69 Å². The number of carbonyl (C=O) groups excluding carboxylic acids is 1. The van der Waals surface area contributed by atoms with Crippen molar-refractivity contribution in [1.29, 1.82) is 0 Å². The molecule has 1 atom stereocenters. The van der Waals surface area contributed by atoms with Gasteiger partial charge in [0.1, 0.15) is 17.4 Å². The first-order valence-electron chi connectivity index (χ1n) is 11.5. The third-order valence-corrected chi connectivity index (χ3v) is 6.21. The fourth-order valence-electron chi connectivity index (χ4n) is 4.35. The smallest absolute Gasteiger partial charge is 0.254 e. The number of carbonyl (C=O) groups is 1. The van der Waals surface area contributed by atoms with Crippen molar-refractivity contribution in [2.45, 2.75) is 52.2 Å². The van der Waals surface area contributed by atoms with Crippen LogP contribution in [0, 0.1) is 6.92 Å². The number of aromatic nitrogens is 4. The lowest BCUT2D eigenvalue weighted by molar-refractivity contribution is 0.0949. The zero-order valence-corrected chi connectivity index (χ0v) is 19.6. The minimum atomic E-state index is -0.168. The summed E-state index contributed by atoms with van der Waals surface area (Å²) in [7, 11) is 1.63. The summed E-state index contributed by atoms with van der Waals surface area (Å²) in [6.07, 6.45) is 7.72. The maximum Gasteiger partial charge on any atom is 0.254 e. The lowest BCUT2D eigenvalue weighted by Gasteiger charge is -2.31. The molecule has 33 heavy (non-hydrogen) atoms. The van der Waals surface area contributed by atoms with Crippen LogP contribution in [0.2, 0.25) is 0 Å². The van der Waals surface area contributed by atoms with Crippen molar-refractivity contribution in [3.8, 4) is 5.75 Å². The van der Waals surface area contributed by atoms with E-state index in [1.54, 1.807) is 13.3 Å². The highest BCUT2D eigenvalue weighted by molar-refractivity contribution is 5.94. The maximum absolute atomic E-state index is 12.7. The minimum Gasteiger partial charge on any atom is -0.497 e. The molecule has 174 valence electrons. The van der Waals surface area contributed by atoms with E-state index in [9.17, 15) is 4.79 Å². The number of nitrogens with one attached hydrogen (secondary N) is 1. The molecule has 1 aliphatic heterocycles. The van der Waals surface area contributed by atoms with Gasteiger partial charge in [0.25, 0.3) is 5.91 Å². The molecule has 0 unspecified atom stereocenters. The van der Waals surface area contributed by atoms with E-state index in [0.717, 1.165) is 62.0 Å². The molecule has 1 amide bonds. The SMILES string of the molecule is CCn1ccnc1CN1CCC[C@@H](c2ncc(C(=O)NCc3cccc(OC)c3)c(C)n2)C1. The molecular weight excluding hydrogens is 416 g/mol. The van der Waals surface area contributed by atoms with E-state index in [1.165, 1.54) is 0 Å². The average molecular weight is 449 g/mol. The first-order chi connectivity index (χ1) is 16.1. The van der Waals surface area contributed by atoms with Crippen LogP contribution < -0.4 is 10.1 Å². The lowest BCUT2D eigenvalue weighted by atomic mass is 9.97. The number of ether oxygens (including phenoxy) is 1. The summed E-state index contributed by atoms with van der Waals surface area (Å²) in [4.78, 5) is 29.0. The molecule has 1 saturated heterocycles. The van der Waals surface area contributed by atoms with Gasteiger partial charge in [-0.2, -0.15) is 0 Å². The van der Waals surface area contributed by atoms with Gasteiger partial charge in [-0.1, -0.05) is 12.1 Å². The number of likely N-dealkylation sites (tertiary alicyclic amines) is 1. The van der Waals surface area contributed by atoms with Crippen LogP contribution in [0.3, 0.4) is 0 Å². The monoisotopic (exact) mass is 448 g/mol. The molecule has 8 nitrogen and oxygen atoms in total. The highest BCUT2D eigenvalue weighted by Crippen LogP contribution is 2.26. The van der Waals surface area contributed by atoms with Crippen molar-refractivity contribution in [2.75, 3.05) is 20.2 Å². The van der Waals surface area contributed by atoms with Crippen LogP contribution in [0.25, 0.3) is 0 Å². The normalized spacial score (nSPS) is 16.5. The molecule has 2 aromatic heterocycles. The summed E-state index contributed by atoms with van der Waals surface area (Å²) in [6.45, 7) is 8.15. The van der Waals surface area contributed by atoms with Crippen molar-refractivity contribution in [3.05, 3.63) is 71.3 Å². The summed E-state index contributed by atoms with van der Waals surface area (Å²) in [5, 5.41) is 2.96. The molecule has 1 N–H and O–H groups in total. The molecule has 1 fully saturated rings. The molecule has 0 bridgehead atoms. The highest BCUT2D eigenvalue weighted by atomic mass is 16.5. The molecular formula is C25H32N6O2. The van der Waals surface area contributed by atoms with Gasteiger partial charge in [-0.25, -0.2) is 15.0 Å². The summed E-state index contributed by atoms with van der Waals surface area (Å²) >= 11 is 0. The maximum atomic E-state index is 12.7. The van der Waals surface area contributed by atoms with Gasteiger partial charge in [0.15, 0.2) is 0 Å².